The van der Waals surface area contributed by atoms with Crippen molar-refractivity contribution in [1.29, 1.82) is 0 Å². The monoisotopic (exact) mass is 349 g/mol. The Labute approximate surface area is 138 Å². The van der Waals surface area contributed by atoms with Gasteiger partial charge in [-0.25, -0.2) is 0 Å². The van der Waals surface area contributed by atoms with Crippen molar-refractivity contribution in [3.05, 3.63) is 17.7 Å². The van der Waals surface area contributed by atoms with Gasteiger partial charge in [0, 0.05) is 6.04 Å². The second-order valence-electron chi connectivity index (χ2n) is 5.82. The average Bonchev–Trinajstić information content (AvgIpc) is 3.28. The third-order valence-corrected chi connectivity index (χ3v) is 4.54. The Morgan fingerprint density at radius 2 is 1.87 bits per heavy atom. The fraction of sp³-hybridized carbons (Fsp3) is 0.625. The van der Waals surface area contributed by atoms with Crippen molar-refractivity contribution in [1.82, 2.24) is 5.32 Å². The minimum Gasteiger partial charge on any atom is -0.496 e. The van der Waals surface area contributed by atoms with Crippen molar-refractivity contribution in [3.63, 3.8) is 0 Å². The highest BCUT2D eigenvalue weighted by Crippen LogP contribution is 2.44. The van der Waals surface area contributed by atoms with Gasteiger partial charge in [-0.3, -0.25) is 0 Å². The summed E-state index contributed by atoms with van der Waals surface area (Å²) in [6.45, 7) is 3.05. The van der Waals surface area contributed by atoms with Gasteiger partial charge in [0.05, 0.1) is 19.1 Å². The molecule has 1 saturated carbocycles. The molecule has 3 nitrogen and oxygen atoms in total. The first-order valence-electron chi connectivity index (χ1n) is 7.56. The van der Waals surface area contributed by atoms with E-state index in [1.165, 1.54) is 33.1 Å². The molecule has 0 bridgehead atoms. The number of hydrogen-bond acceptors (Lipinski definition) is 4. The summed E-state index contributed by atoms with van der Waals surface area (Å²) < 4.78 is 48.3. The van der Waals surface area contributed by atoms with Crippen LogP contribution in [0.2, 0.25) is 0 Å². The normalized spacial score (nSPS) is 16.3. The van der Waals surface area contributed by atoms with Gasteiger partial charge >= 0.3 is 5.51 Å². The maximum Gasteiger partial charge on any atom is 0.446 e. The Bertz CT molecular complexity index is 533. The smallest absolute Gasteiger partial charge is 0.446 e. The molecular formula is C16H22F3NO2S. The largest absolute Gasteiger partial charge is 0.496 e. The van der Waals surface area contributed by atoms with Crippen LogP contribution in [-0.2, 0) is 6.42 Å². The molecular weight excluding hydrogens is 327 g/mol. The standard InChI is InChI=1S/C16H22F3NO2S/c1-10(20-9-11-4-5-11)6-12-7-14(22-3)15(8-13(12)21-2)23-16(17,18)19/h7-8,10-11,20H,4-6,9H2,1-3H3. The molecule has 0 aromatic heterocycles. The number of hydrogen-bond donors (Lipinski definition) is 1. The Kier molecular flexibility index (Phi) is 6.08. The van der Waals surface area contributed by atoms with Gasteiger partial charge in [-0.1, -0.05) is 0 Å². The molecule has 0 spiro atoms. The predicted octanol–water partition coefficient (Wildman–Crippen LogP) is 4.25. The van der Waals surface area contributed by atoms with Crippen molar-refractivity contribution in [2.75, 3.05) is 20.8 Å². The number of ether oxygens (including phenoxy) is 2. The number of halogens is 3. The lowest BCUT2D eigenvalue weighted by Gasteiger charge is -2.18. The molecule has 1 N–H and O–H groups in total. The Hall–Kier alpha value is -1.08. The number of rotatable bonds is 8. The summed E-state index contributed by atoms with van der Waals surface area (Å²) >= 11 is -0.189. The van der Waals surface area contributed by atoms with E-state index in [0.29, 0.717) is 12.2 Å². The molecule has 1 unspecified atom stereocenters. The molecule has 0 saturated heterocycles. The Morgan fingerprint density at radius 3 is 2.39 bits per heavy atom. The topological polar surface area (TPSA) is 30.5 Å². The number of methoxy groups -OCH3 is 2. The lowest BCUT2D eigenvalue weighted by atomic mass is 10.1. The summed E-state index contributed by atoms with van der Waals surface area (Å²) in [7, 11) is 2.84. The minimum absolute atomic E-state index is 0.0131. The van der Waals surface area contributed by atoms with Crippen molar-refractivity contribution in [3.8, 4) is 11.5 Å². The second kappa shape index (κ2) is 7.66. The maximum atomic E-state index is 12.6. The zero-order chi connectivity index (χ0) is 17.0. The van der Waals surface area contributed by atoms with Gasteiger partial charge in [0.2, 0.25) is 0 Å². The Morgan fingerprint density at radius 1 is 1.22 bits per heavy atom. The van der Waals surface area contributed by atoms with Crippen LogP contribution in [-0.4, -0.2) is 32.3 Å². The number of alkyl halides is 3. The van der Waals surface area contributed by atoms with Crippen LogP contribution in [0.3, 0.4) is 0 Å². The number of nitrogens with one attached hydrogen (secondary N) is 1. The highest BCUT2D eigenvalue weighted by atomic mass is 32.2. The quantitative estimate of drug-likeness (QED) is 0.711. The van der Waals surface area contributed by atoms with Crippen molar-refractivity contribution in [2.45, 2.75) is 42.6 Å². The molecule has 7 heteroatoms. The van der Waals surface area contributed by atoms with Gasteiger partial charge in [0.25, 0.3) is 0 Å². The molecule has 1 atom stereocenters. The van der Waals surface area contributed by atoms with Crippen LogP contribution >= 0.6 is 11.8 Å². The molecule has 0 radical (unpaired) electrons. The van der Waals surface area contributed by atoms with Gasteiger partial charge in [-0.15, -0.1) is 0 Å². The first kappa shape index (κ1) is 18.3. The van der Waals surface area contributed by atoms with E-state index >= 15 is 0 Å². The molecule has 1 aliphatic rings. The molecule has 23 heavy (non-hydrogen) atoms. The Balaban J connectivity index is 2.13. The highest BCUT2D eigenvalue weighted by Gasteiger charge is 2.31. The van der Waals surface area contributed by atoms with Crippen LogP contribution < -0.4 is 14.8 Å². The second-order valence-corrected chi connectivity index (χ2v) is 6.93. The summed E-state index contributed by atoms with van der Waals surface area (Å²) in [6, 6.07) is 3.26. The van der Waals surface area contributed by atoms with Gasteiger partial charge in [-0.2, -0.15) is 13.2 Å². The predicted molar refractivity (Wildman–Crippen MR) is 85.4 cm³/mol. The molecule has 1 aromatic carbocycles. The molecule has 0 amide bonds. The van der Waals surface area contributed by atoms with E-state index in [9.17, 15) is 13.2 Å². The lowest BCUT2D eigenvalue weighted by molar-refractivity contribution is -0.0328. The lowest BCUT2D eigenvalue weighted by Crippen LogP contribution is -2.30. The summed E-state index contributed by atoms with van der Waals surface area (Å²) in [5.41, 5.74) is -3.52. The molecule has 0 heterocycles. The summed E-state index contributed by atoms with van der Waals surface area (Å²) in [6.07, 6.45) is 3.23. The third-order valence-electron chi connectivity index (χ3n) is 3.77. The number of benzene rings is 1. The van der Waals surface area contributed by atoms with Crippen LogP contribution in [0, 0.1) is 5.92 Å². The van der Waals surface area contributed by atoms with Crippen molar-refractivity contribution in [2.24, 2.45) is 5.92 Å². The number of thioether (sulfide) groups is 1. The minimum atomic E-state index is -4.36. The highest BCUT2D eigenvalue weighted by molar-refractivity contribution is 8.00. The average molecular weight is 349 g/mol. The summed E-state index contributed by atoms with van der Waals surface area (Å²) in [4.78, 5) is 0.0131. The third kappa shape index (κ3) is 5.80. The maximum absolute atomic E-state index is 12.6. The van der Waals surface area contributed by atoms with Crippen LogP contribution in [0.25, 0.3) is 0 Å². The summed E-state index contributed by atoms with van der Waals surface area (Å²) in [5.74, 6) is 1.45. The zero-order valence-corrected chi connectivity index (χ0v) is 14.3. The fourth-order valence-corrected chi connectivity index (χ4v) is 3.05. The molecule has 130 valence electrons. The molecule has 1 fully saturated rings. The molecule has 2 rings (SSSR count). The van der Waals surface area contributed by atoms with E-state index in [0.717, 1.165) is 18.0 Å². The summed E-state index contributed by atoms with van der Waals surface area (Å²) in [5, 5.41) is 3.45. The molecule has 0 aliphatic heterocycles. The van der Waals surface area contributed by atoms with Crippen molar-refractivity contribution < 1.29 is 22.6 Å². The zero-order valence-electron chi connectivity index (χ0n) is 13.5. The molecule has 1 aliphatic carbocycles. The first-order valence-corrected chi connectivity index (χ1v) is 8.38. The van der Waals surface area contributed by atoms with Crippen molar-refractivity contribution >= 4 is 11.8 Å². The van der Waals surface area contributed by atoms with E-state index in [-0.39, 0.29) is 28.4 Å². The van der Waals surface area contributed by atoms with E-state index < -0.39 is 5.51 Å². The van der Waals surface area contributed by atoms with Gasteiger partial charge < -0.3 is 14.8 Å². The van der Waals surface area contributed by atoms with E-state index in [1.54, 1.807) is 6.07 Å². The first-order chi connectivity index (χ1) is 10.8. The van der Waals surface area contributed by atoms with E-state index in [4.69, 9.17) is 9.47 Å². The van der Waals surface area contributed by atoms with Gasteiger partial charge in [0.15, 0.2) is 0 Å². The fourth-order valence-electron chi connectivity index (χ4n) is 2.39. The van der Waals surface area contributed by atoms with Crippen LogP contribution in [0.4, 0.5) is 13.2 Å². The van der Waals surface area contributed by atoms with Crippen LogP contribution in [0.5, 0.6) is 11.5 Å². The van der Waals surface area contributed by atoms with Gasteiger partial charge in [-0.05, 0) is 68.1 Å². The van der Waals surface area contributed by atoms with E-state index in [1.807, 2.05) is 0 Å². The van der Waals surface area contributed by atoms with Crippen LogP contribution in [0.1, 0.15) is 25.3 Å². The van der Waals surface area contributed by atoms with Gasteiger partial charge in [0.1, 0.15) is 11.5 Å². The molecule has 1 aromatic rings. The SMILES string of the molecule is COc1cc(SC(F)(F)F)c(OC)cc1CC(C)NCC1CC1. The van der Waals surface area contributed by atoms with E-state index in [2.05, 4.69) is 12.2 Å². The van der Waals surface area contributed by atoms with Crippen LogP contribution in [0.15, 0.2) is 17.0 Å².